The minimum atomic E-state index is -4.45. The molecule has 154 valence electrons. The number of fused-ring (bicyclic) bond motifs is 1. The number of carbonyl (C=O) groups is 1. The van der Waals surface area contributed by atoms with E-state index in [4.69, 9.17) is 0 Å². The van der Waals surface area contributed by atoms with Gasteiger partial charge in [-0.2, -0.15) is 13.2 Å². The highest BCUT2D eigenvalue weighted by atomic mass is 19.4. The Morgan fingerprint density at radius 3 is 2.70 bits per heavy atom. The van der Waals surface area contributed by atoms with Gasteiger partial charge in [0.15, 0.2) is 5.82 Å². The van der Waals surface area contributed by atoms with Gasteiger partial charge in [-0.3, -0.25) is 4.79 Å². The standard InChI is InChI=1S/C20H16F3N5O2/c21-20(22,23)14-3-1-2-12(6-14)13-7-16-19(25-9-13)27-17(8-18(29)30)28(16)10-15-4-5-24-11-26-15/h1-7,9,11,17H,8,10H2,(H,25,27)(H,29,30). The maximum Gasteiger partial charge on any atom is 0.416 e. The smallest absolute Gasteiger partial charge is 0.416 e. The molecule has 2 aromatic heterocycles. The Balaban J connectivity index is 1.72. The zero-order valence-corrected chi connectivity index (χ0v) is 15.5. The van der Waals surface area contributed by atoms with Gasteiger partial charge in [-0.25, -0.2) is 15.0 Å². The van der Waals surface area contributed by atoms with E-state index < -0.39 is 23.9 Å². The SMILES string of the molecule is O=C(O)CC1Nc2ncc(-c3cccc(C(F)(F)F)c3)cc2N1Cc1ccncn1. The normalized spacial score (nSPS) is 15.6. The van der Waals surface area contributed by atoms with E-state index in [1.807, 2.05) is 0 Å². The number of nitrogens with one attached hydrogen (secondary N) is 1. The summed E-state index contributed by atoms with van der Waals surface area (Å²) in [7, 11) is 0. The molecule has 0 fully saturated rings. The average Bonchev–Trinajstić information content (AvgIpc) is 3.04. The molecule has 3 heterocycles. The summed E-state index contributed by atoms with van der Waals surface area (Å²) in [5, 5.41) is 12.3. The summed E-state index contributed by atoms with van der Waals surface area (Å²) in [4.78, 5) is 25.5. The predicted octanol–water partition coefficient (Wildman–Crippen LogP) is 3.79. The largest absolute Gasteiger partial charge is 0.481 e. The number of nitrogens with zero attached hydrogens (tertiary/aromatic N) is 4. The van der Waals surface area contributed by atoms with E-state index in [2.05, 4.69) is 20.3 Å². The highest BCUT2D eigenvalue weighted by Crippen LogP contribution is 2.39. The molecule has 7 nitrogen and oxygen atoms in total. The van der Waals surface area contributed by atoms with Crippen molar-refractivity contribution >= 4 is 17.5 Å². The summed E-state index contributed by atoms with van der Waals surface area (Å²) in [5.41, 5.74) is 1.36. The molecule has 4 rings (SSSR count). The van der Waals surface area contributed by atoms with E-state index in [1.54, 1.807) is 29.3 Å². The number of pyridine rings is 1. The maximum absolute atomic E-state index is 13.1. The Labute approximate surface area is 169 Å². The van der Waals surface area contributed by atoms with Gasteiger partial charge < -0.3 is 15.3 Å². The highest BCUT2D eigenvalue weighted by molar-refractivity contribution is 5.80. The third kappa shape index (κ3) is 4.02. The molecule has 0 amide bonds. The number of halogens is 3. The summed E-state index contributed by atoms with van der Waals surface area (Å²) in [5.74, 6) is -0.530. The molecule has 0 saturated carbocycles. The molecule has 0 saturated heterocycles. The zero-order chi connectivity index (χ0) is 21.3. The lowest BCUT2D eigenvalue weighted by molar-refractivity contribution is -0.138. The van der Waals surface area contributed by atoms with Crippen LogP contribution in [0.2, 0.25) is 0 Å². The first kappa shape index (κ1) is 19.6. The van der Waals surface area contributed by atoms with Gasteiger partial charge in [0, 0.05) is 18.0 Å². The van der Waals surface area contributed by atoms with Gasteiger partial charge in [0.1, 0.15) is 12.5 Å². The molecule has 0 bridgehead atoms. The fraction of sp³-hybridized carbons (Fsp3) is 0.200. The second-order valence-corrected chi connectivity index (χ2v) is 6.76. The molecular formula is C20H16F3N5O2. The van der Waals surface area contributed by atoms with Crippen LogP contribution in [0.4, 0.5) is 24.7 Å². The van der Waals surface area contributed by atoms with Crippen molar-refractivity contribution in [3.05, 3.63) is 66.4 Å². The average molecular weight is 415 g/mol. The number of carboxylic acid groups (broad SMARTS) is 1. The van der Waals surface area contributed by atoms with Gasteiger partial charge in [0.25, 0.3) is 0 Å². The first-order chi connectivity index (χ1) is 14.3. The Morgan fingerprint density at radius 2 is 2.00 bits per heavy atom. The van der Waals surface area contributed by atoms with Crippen molar-refractivity contribution in [2.75, 3.05) is 10.2 Å². The molecular weight excluding hydrogens is 399 g/mol. The third-order valence-corrected chi connectivity index (χ3v) is 4.72. The fourth-order valence-corrected chi connectivity index (χ4v) is 3.33. The van der Waals surface area contributed by atoms with Crippen LogP contribution < -0.4 is 10.2 Å². The molecule has 2 N–H and O–H groups in total. The number of aliphatic carboxylic acids is 1. The van der Waals surface area contributed by atoms with Crippen molar-refractivity contribution in [2.24, 2.45) is 0 Å². The summed E-state index contributed by atoms with van der Waals surface area (Å²) in [6.07, 6.45) is -0.780. The van der Waals surface area contributed by atoms with Crippen LogP contribution in [0.1, 0.15) is 17.7 Å². The van der Waals surface area contributed by atoms with Crippen LogP contribution in [0.5, 0.6) is 0 Å². The van der Waals surface area contributed by atoms with Gasteiger partial charge in [-0.15, -0.1) is 0 Å². The second kappa shape index (κ2) is 7.62. The van der Waals surface area contributed by atoms with Crippen molar-refractivity contribution in [3.63, 3.8) is 0 Å². The molecule has 10 heteroatoms. The number of hydrogen-bond acceptors (Lipinski definition) is 6. The van der Waals surface area contributed by atoms with Gasteiger partial charge in [-0.1, -0.05) is 12.1 Å². The first-order valence-electron chi connectivity index (χ1n) is 8.99. The molecule has 0 radical (unpaired) electrons. The minimum absolute atomic E-state index is 0.194. The number of benzene rings is 1. The zero-order valence-electron chi connectivity index (χ0n) is 15.5. The fourth-order valence-electron chi connectivity index (χ4n) is 3.33. The minimum Gasteiger partial charge on any atom is -0.481 e. The van der Waals surface area contributed by atoms with Gasteiger partial charge in [0.2, 0.25) is 0 Å². The third-order valence-electron chi connectivity index (χ3n) is 4.72. The lowest BCUT2D eigenvalue weighted by Crippen LogP contribution is -2.37. The Morgan fingerprint density at radius 1 is 1.17 bits per heavy atom. The van der Waals surface area contributed by atoms with Gasteiger partial charge >= 0.3 is 12.1 Å². The summed E-state index contributed by atoms with van der Waals surface area (Å²) < 4.78 is 39.2. The van der Waals surface area contributed by atoms with Gasteiger partial charge in [-0.05, 0) is 29.8 Å². The number of alkyl halides is 3. The van der Waals surface area contributed by atoms with Crippen LogP contribution in [-0.4, -0.2) is 32.2 Å². The van der Waals surface area contributed by atoms with Crippen molar-refractivity contribution in [1.29, 1.82) is 0 Å². The van der Waals surface area contributed by atoms with Crippen LogP contribution in [0, 0.1) is 0 Å². The summed E-state index contributed by atoms with van der Waals surface area (Å²) in [6, 6.07) is 8.40. The van der Waals surface area contributed by atoms with E-state index in [0.717, 1.165) is 12.1 Å². The van der Waals surface area contributed by atoms with Crippen molar-refractivity contribution in [2.45, 2.75) is 25.3 Å². The quantitative estimate of drug-likeness (QED) is 0.655. The second-order valence-electron chi connectivity index (χ2n) is 6.76. The number of rotatable bonds is 5. The monoisotopic (exact) mass is 415 g/mol. The lowest BCUT2D eigenvalue weighted by atomic mass is 10.0. The molecule has 1 atom stereocenters. The Hall–Kier alpha value is -3.69. The lowest BCUT2D eigenvalue weighted by Gasteiger charge is -2.25. The summed E-state index contributed by atoms with van der Waals surface area (Å²) >= 11 is 0. The molecule has 0 spiro atoms. The topological polar surface area (TPSA) is 91.2 Å². The molecule has 1 unspecified atom stereocenters. The van der Waals surface area contributed by atoms with Crippen LogP contribution in [0.15, 0.2) is 55.1 Å². The van der Waals surface area contributed by atoms with Crippen LogP contribution in [0.25, 0.3) is 11.1 Å². The molecule has 30 heavy (non-hydrogen) atoms. The Bertz CT molecular complexity index is 1080. The number of anilines is 2. The molecule has 3 aromatic rings. The molecule has 1 aliphatic rings. The molecule has 1 aromatic carbocycles. The highest BCUT2D eigenvalue weighted by Gasteiger charge is 2.33. The van der Waals surface area contributed by atoms with Crippen LogP contribution in [0.3, 0.4) is 0 Å². The van der Waals surface area contributed by atoms with E-state index in [-0.39, 0.29) is 13.0 Å². The van der Waals surface area contributed by atoms with Crippen molar-refractivity contribution in [3.8, 4) is 11.1 Å². The number of aromatic nitrogens is 3. The van der Waals surface area contributed by atoms with Crippen molar-refractivity contribution in [1.82, 2.24) is 15.0 Å². The first-order valence-corrected chi connectivity index (χ1v) is 8.99. The van der Waals surface area contributed by atoms with E-state index in [9.17, 15) is 23.1 Å². The molecule has 1 aliphatic heterocycles. The van der Waals surface area contributed by atoms with Crippen molar-refractivity contribution < 1.29 is 23.1 Å². The van der Waals surface area contributed by atoms with E-state index >= 15 is 0 Å². The number of hydrogen-bond donors (Lipinski definition) is 2. The summed E-state index contributed by atoms with van der Waals surface area (Å²) in [6.45, 7) is 0.286. The predicted molar refractivity (Wildman–Crippen MR) is 103 cm³/mol. The Kier molecular flexibility index (Phi) is 4.98. The number of carboxylic acids is 1. The maximum atomic E-state index is 13.1. The van der Waals surface area contributed by atoms with Crippen LogP contribution >= 0.6 is 0 Å². The van der Waals surface area contributed by atoms with Gasteiger partial charge in [0.05, 0.1) is 29.9 Å². The van der Waals surface area contributed by atoms with E-state index in [1.165, 1.54) is 18.6 Å². The van der Waals surface area contributed by atoms with Crippen LogP contribution in [-0.2, 0) is 17.5 Å². The van der Waals surface area contributed by atoms with E-state index in [0.29, 0.717) is 28.3 Å². The molecule has 0 aliphatic carbocycles.